The molecular weight excluding hydrogens is 493 g/mol. The van der Waals surface area contributed by atoms with Gasteiger partial charge in [0.1, 0.15) is 23.0 Å². The molecule has 0 aromatic heterocycles. The van der Waals surface area contributed by atoms with Gasteiger partial charge in [0, 0.05) is 23.7 Å². The van der Waals surface area contributed by atoms with Crippen molar-refractivity contribution < 1.29 is 101 Å². The molecule has 0 unspecified atom stereocenters. The molecule has 0 radical (unpaired) electrons. The third-order valence-corrected chi connectivity index (χ3v) is 6.29. The van der Waals surface area contributed by atoms with E-state index in [0.29, 0.717) is 28.4 Å². The summed E-state index contributed by atoms with van der Waals surface area (Å²) in [5.41, 5.74) is 0.817. The zero-order chi connectivity index (χ0) is 23.2. The average molecular weight is 516 g/mol. The number of ether oxygens (including phenoxy) is 4. The number of sulfone groups is 1. The minimum Gasteiger partial charge on any atom is -0.810 e. The molecule has 0 aliphatic heterocycles. The fraction of sp³-hybridized carbons (Fsp3) is 0.300. The SMILES string of the molecule is COc1cc(OC)c(/C=C/S(=O)(=O)Cc2ccc(OC)c(CP(=O)([O-])[O-])c2)c(OC)c1.[Na+].[Na+]. The van der Waals surface area contributed by atoms with Gasteiger partial charge in [-0.2, -0.15) is 0 Å². The standard InChI is InChI=1S/C20H25O9PS.2Na/c1-26-16-10-19(28-3)17(20(11-16)29-4)7-8-31(24,25)13-14-5-6-18(27-2)15(9-14)12-30(21,22)23;;/h5-11H,12-13H2,1-4H3,(H2,21,22,23);;/q;2*+1/p-2/b8-7+;;. The Balaban J connectivity index is 0.00000512. The van der Waals surface area contributed by atoms with Crippen LogP contribution in [0.2, 0.25) is 0 Å². The molecule has 0 bridgehead atoms. The third kappa shape index (κ3) is 9.93. The molecule has 0 saturated carbocycles. The van der Waals surface area contributed by atoms with E-state index >= 15 is 0 Å². The molecule has 170 valence electrons. The van der Waals surface area contributed by atoms with E-state index in [9.17, 15) is 22.8 Å². The molecule has 2 aromatic carbocycles. The van der Waals surface area contributed by atoms with Crippen LogP contribution in [0, 0.1) is 0 Å². The first kappa shape index (κ1) is 32.5. The smallest absolute Gasteiger partial charge is 0.810 e. The minimum absolute atomic E-state index is 0. The number of hydrogen-bond acceptors (Lipinski definition) is 9. The summed E-state index contributed by atoms with van der Waals surface area (Å²) in [4.78, 5) is 22.3. The number of benzene rings is 2. The van der Waals surface area contributed by atoms with Crippen LogP contribution in [0.3, 0.4) is 0 Å². The predicted molar refractivity (Wildman–Crippen MR) is 112 cm³/mol. The Kier molecular flexibility index (Phi) is 13.9. The second-order valence-electron chi connectivity index (χ2n) is 6.47. The van der Waals surface area contributed by atoms with Gasteiger partial charge in [-0.05, 0) is 23.3 Å². The van der Waals surface area contributed by atoms with Crippen LogP contribution in [0.15, 0.2) is 35.7 Å². The van der Waals surface area contributed by atoms with Crippen LogP contribution >= 0.6 is 7.60 Å². The van der Waals surface area contributed by atoms with Crippen LogP contribution in [-0.4, -0.2) is 36.9 Å². The van der Waals surface area contributed by atoms with E-state index in [1.165, 1.54) is 52.7 Å². The summed E-state index contributed by atoms with van der Waals surface area (Å²) >= 11 is 0. The molecule has 0 spiro atoms. The monoisotopic (exact) mass is 516 g/mol. The van der Waals surface area contributed by atoms with Gasteiger partial charge in [0.15, 0.2) is 9.84 Å². The zero-order valence-corrected chi connectivity index (χ0v) is 25.2. The van der Waals surface area contributed by atoms with Crippen molar-refractivity contribution in [2.45, 2.75) is 11.9 Å². The first-order valence-corrected chi connectivity index (χ1v) is 12.3. The van der Waals surface area contributed by atoms with Crippen LogP contribution in [-0.2, 0) is 26.3 Å². The Morgan fingerprint density at radius 1 is 0.879 bits per heavy atom. The van der Waals surface area contributed by atoms with Crippen molar-refractivity contribution in [3.05, 3.63) is 52.4 Å². The van der Waals surface area contributed by atoms with Crippen molar-refractivity contribution in [2.75, 3.05) is 28.4 Å². The third-order valence-electron chi connectivity index (χ3n) is 4.27. The van der Waals surface area contributed by atoms with Gasteiger partial charge in [-0.15, -0.1) is 0 Å². The van der Waals surface area contributed by atoms with E-state index in [0.717, 1.165) is 5.41 Å². The van der Waals surface area contributed by atoms with E-state index in [2.05, 4.69) is 0 Å². The average Bonchev–Trinajstić information content (AvgIpc) is 2.70. The largest absolute Gasteiger partial charge is 1.00 e. The molecule has 2 aromatic rings. The van der Waals surface area contributed by atoms with Crippen molar-refractivity contribution in [1.82, 2.24) is 0 Å². The van der Waals surface area contributed by atoms with E-state index in [4.69, 9.17) is 18.9 Å². The maximum absolute atomic E-state index is 12.6. The van der Waals surface area contributed by atoms with E-state index in [-0.39, 0.29) is 70.4 Å². The van der Waals surface area contributed by atoms with Gasteiger partial charge in [-0.1, -0.05) is 19.7 Å². The van der Waals surface area contributed by atoms with Crippen molar-refractivity contribution in [2.24, 2.45) is 0 Å². The molecule has 0 N–H and O–H groups in total. The van der Waals surface area contributed by atoms with E-state index in [1.807, 2.05) is 0 Å². The predicted octanol–water partition coefficient (Wildman–Crippen LogP) is -4.27. The van der Waals surface area contributed by atoms with Crippen LogP contribution in [0.25, 0.3) is 6.08 Å². The van der Waals surface area contributed by atoms with Gasteiger partial charge in [0.2, 0.25) is 0 Å². The van der Waals surface area contributed by atoms with Crippen LogP contribution in [0.5, 0.6) is 23.0 Å². The summed E-state index contributed by atoms with van der Waals surface area (Å²) in [6.45, 7) is 0. The summed E-state index contributed by atoms with van der Waals surface area (Å²) in [5, 5.41) is 1.01. The molecule has 0 saturated heterocycles. The molecule has 33 heavy (non-hydrogen) atoms. The second kappa shape index (κ2) is 14.1. The zero-order valence-electron chi connectivity index (χ0n) is 19.5. The van der Waals surface area contributed by atoms with Crippen LogP contribution in [0.1, 0.15) is 16.7 Å². The molecule has 0 heterocycles. The van der Waals surface area contributed by atoms with Crippen molar-refractivity contribution in [3.8, 4) is 23.0 Å². The molecule has 9 nitrogen and oxygen atoms in total. The Morgan fingerprint density at radius 2 is 1.42 bits per heavy atom. The van der Waals surface area contributed by atoms with Gasteiger partial charge in [0.25, 0.3) is 0 Å². The minimum atomic E-state index is -4.86. The quantitative estimate of drug-likeness (QED) is 0.227. The van der Waals surface area contributed by atoms with Crippen LogP contribution in [0.4, 0.5) is 0 Å². The maximum Gasteiger partial charge on any atom is 1.00 e. The summed E-state index contributed by atoms with van der Waals surface area (Å²) in [7, 11) is -2.95. The van der Waals surface area contributed by atoms with Crippen molar-refractivity contribution in [1.29, 1.82) is 0 Å². The number of hydrogen-bond donors (Lipinski definition) is 0. The normalized spacial score (nSPS) is 11.3. The van der Waals surface area contributed by atoms with Crippen molar-refractivity contribution >= 4 is 23.5 Å². The Labute approximate surface area is 238 Å². The summed E-state index contributed by atoms with van der Waals surface area (Å²) < 4.78 is 57.2. The Bertz CT molecular complexity index is 1090. The van der Waals surface area contributed by atoms with Gasteiger partial charge in [0.05, 0.1) is 39.8 Å². The topological polar surface area (TPSA) is 134 Å². The van der Waals surface area contributed by atoms with Gasteiger partial charge in [-0.25, -0.2) is 8.42 Å². The fourth-order valence-corrected chi connectivity index (χ4v) is 4.65. The maximum atomic E-state index is 12.6. The van der Waals surface area contributed by atoms with Gasteiger partial charge >= 0.3 is 59.1 Å². The van der Waals surface area contributed by atoms with E-state index in [1.54, 1.807) is 12.1 Å². The van der Waals surface area contributed by atoms with Crippen LogP contribution < -0.4 is 87.8 Å². The van der Waals surface area contributed by atoms with E-state index < -0.39 is 29.3 Å². The number of methoxy groups -OCH3 is 4. The first-order chi connectivity index (χ1) is 14.5. The van der Waals surface area contributed by atoms with Crippen molar-refractivity contribution in [3.63, 3.8) is 0 Å². The first-order valence-electron chi connectivity index (χ1n) is 8.89. The molecule has 0 fully saturated rings. The Morgan fingerprint density at radius 3 is 1.88 bits per heavy atom. The summed E-state index contributed by atoms with van der Waals surface area (Å²) in [6.07, 6.45) is 0.570. The summed E-state index contributed by atoms with van der Waals surface area (Å²) in [5.74, 6) is 0.973. The molecule has 0 aliphatic rings. The fourth-order valence-electron chi connectivity index (χ4n) is 2.90. The van der Waals surface area contributed by atoms with Gasteiger partial charge < -0.3 is 33.3 Å². The molecular formula is C20H23Na2O9PS. The second-order valence-corrected chi connectivity index (χ2v) is 9.90. The molecule has 0 aliphatic carbocycles. The summed E-state index contributed by atoms with van der Waals surface area (Å²) in [6, 6.07) is 7.43. The molecule has 13 heteroatoms. The Hall–Kier alpha value is -0.520. The van der Waals surface area contributed by atoms with Gasteiger partial charge in [-0.3, -0.25) is 0 Å². The molecule has 2 rings (SSSR count). The molecule has 0 atom stereocenters. The molecule has 0 amide bonds. The number of rotatable bonds is 10.